The van der Waals surface area contributed by atoms with Gasteiger partial charge in [0.2, 0.25) is 0 Å². The average Bonchev–Trinajstić information content (AvgIpc) is 2.97. The third kappa shape index (κ3) is 3.58. The van der Waals surface area contributed by atoms with Gasteiger partial charge in [-0.25, -0.2) is 4.98 Å². The Kier molecular flexibility index (Phi) is 4.83. The first-order valence-corrected chi connectivity index (χ1v) is 8.45. The molecule has 0 saturated heterocycles. The van der Waals surface area contributed by atoms with Gasteiger partial charge in [-0.05, 0) is 43.3 Å². The monoisotopic (exact) mass is 358 g/mol. The number of rotatable bonds is 4. The van der Waals surface area contributed by atoms with Crippen LogP contribution in [0, 0.1) is 6.92 Å². The molecule has 4 nitrogen and oxygen atoms in total. The zero-order valence-electron chi connectivity index (χ0n) is 13.2. The summed E-state index contributed by atoms with van der Waals surface area (Å²) in [4.78, 5) is 17.6. The van der Waals surface area contributed by atoms with Gasteiger partial charge in [-0.2, -0.15) is 0 Å². The van der Waals surface area contributed by atoms with Crippen LogP contribution in [0.1, 0.15) is 15.4 Å². The maximum atomic E-state index is 12.5. The highest BCUT2D eigenvalue weighted by Crippen LogP contribution is 2.30. The number of aryl methyl sites for hydroxylation is 1. The van der Waals surface area contributed by atoms with Gasteiger partial charge in [0.1, 0.15) is 15.6 Å². The van der Waals surface area contributed by atoms with Crippen LogP contribution in [0.15, 0.2) is 48.5 Å². The quantitative estimate of drug-likeness (QED) is 0.711. The zero-order chi connectivity index (χ0) is 17.1. The number of hydrogen-bond acceptors (Lipinski definition) is 4. The van der Waals surface area contributed by atoms with E-state index in [1.807, 2.05) is 31.2 Å². The van der Waals surface area contributed by atoms with Crippen LogP contribution >= 0.6 is 22.9 Å². The molecule has 2 aromatic carbocycles. The fourth-order valence-electron chi connectivity index (χ4n) is 2.21. The summed E-state index contributed by atoms with van der Waals surface area (Å²) in [6.45, 7) is 1.83. The van der Waals surface area contributed by atoms with Crippen molar-refractivity contribution in [2.45, 2.75) is 6.92 Å². The van der Waals surface area contributed by atoms with Crippen molar-refractivity contribution in [3.8, 4) is 16.3 Å². The molecule has 0 fully saturated rings. The minimum absolute atomic E-state index is 0.177. The summed E-state index contributed by atoms with van der Waals surface area (Å²) in [7, 11) is 1.60. The molecule has 6 heteroatoms. The number of thiazole rings is 1. The Morgan fingerprint density at radius 3 is 2.62 bits per heavy atom. The van der Waals surface area contributed by atoms with E-state index in [0.29, 0.717) is 21.3 Å². The average molecular weight is 359 g/mol. The van der Waals surface area contributed by atoms with E-state index in [4.69, 9.17) is 16.3 Å². The Hall–Kier alpha value is -2.37. The van der Waals surface area contributed by atoms with Crippen molar-refractivity contribution in [1.29, 1.82) is 0 Å². The molecule has 1 amide bonds. The highest BCUT2D eigenvalue weighted by molar-refractivity contribution is 7.17. The fourth-order valence-corrected chi connectivity index (χ4v) is 3.36. The van der Waals surface area contributed by atoms with Crippen molar-refractivity contribution in [2.75, 3.05) is 12.4 Å². The number of anilines is 1. The predicted molar refractivity (Wildman–Crippen MR) is 98.2 cm³/mol. The molecule has 0 radical (unpaired) electrons. The van der Waals surface area contributed by atoms with Gasteiger partial charge in [-0.3, -0.25) is 4.79 Å². The molecule has 3 aromatic rings. The summed E-state index contributed by atoms with van der Waals surface area (Å²) < 4.78 is 5.11. The number of methoxy groups -OCH3 is 1. The second kappa shape index (κ2) is 7.03. The number of benzene rings is 2. The predicted octanol–water partition coefficient (Wildman–Crippen LogP) is 5.03. The Labute approximate surface area is 149 Å². The first kappa shape index (κ1) is 16.5. The summed E-state index contributed by atoms with van der Waals surface area (Å²) in [5.74, 6) is 0.564. The number of ether oxygens (including phenoxy) is 1. The number of amides is 1. The Balaban J connectivity index is 1.82. The van der Waals surface area contributed by atoms with Gasteiger partial charge in [0, 0.05) is 16.3 Å². The van der Waals surface area contributed by atoms with Gasteiger partial charge in [-0.15, -0.1) is 11.3 Å². The molecule has 0 unspecified atom stereocenters. The zero-order valence-corrected chi connectivity index (χ0v) is 14.7. The van der Waals surface area contributed by atoms with E-state index in [2.05, 4.69) is 10.3 Å². The molecular formula is C18H15ClN2O2S. The number of nitrogens with one attached hydrogen (secondary N) is 1. The summed E-state index contributed by atoms with van der Waals surface area (Å²) in [5, 5.41) is 4.29. The molecular weight excluding hydrogens is 344 g/mol. The van der Waals surface area contributed by atoms with Gasteiger partial charge >= 0.3 is 0 Å². The van der Waals surface area contributed by atoms with Crippen molar-refractivity contribution in [2.24, 2.45) is 0 Å². The number of halogens is 1. The lowest BCUT2D eigenvalue weighted by Gasteiger charge is -2.05. The van der Waals surface area contributed by atoms with Crippen LogP contribution in [0.5, 0.6) is 5.75 Å². The van der Waals surface area contributed by atoms with Gasteiger partial charge in [0.25, 0.3) is 5.91 Å². The summed E-state index contributed by atoms with van der Waals surface area (Å²) in [6, 6.07) is 14.6. The maximum Gasteiger partial charge on any atom is 0.267 e. The van der Waals surface area contributed by atoms with Gasteiger partial charge in [0.15, 0.2) is 0 Å². The third-order valence-corrected chi connectivity index (χ3v) is 4.86. The second-order valence-electron chi connectivity index (χ2n) is 5.13. The van der Waals surface area contributed by atoms with Crippen LogP contribution in [0.4, 0.5) is 5.69 Å². The van der Waals surface area contributed by atoms with Crippen molar-refractivity contribution in [3.05, 3.63) is 64.1 Å². The molecule has 0 aliphatic rings. The van der Waals surface area contributed by atoms with Crippen LogP contribution in [0.3, 0.4) is 0 Å². The first-order valence-electron chi connectivity index (χ1n) is 7.25. The summed E-state index contributed by atoms with van der Waals surface area (Å²) in [6.07, 6.45) is 0. The van der Waals surface area contributed by atoms with E-state index in [1.165, 1.54) is 11.3 Å². The van der Waals surface area contributed by atoms with Crippen molar-refractivity contribution in [1.82, 2.24) is 4.98 Å². The van der Waals surface area contributed by atoms with E-state index in [-0.39, 0.29) is 5.91 Å². The number of aromatic nitrogens is 1. The molecule has 0 bridgehead atoms. The molecule has 0 atom stereocenters. The topological polar surface area (TPSA) is 51.2 Å². The molecule has 24 heavy (non-hydrogen) atoms. The molecule has 3 rings (SSSR count). The lowest BCUT2D eigenvalue weighted by molar-refractivity contribution is 0.103. The van der Waals surface area contributed by atoms with Crippen LogP contribution in [0.2, 0.25) is 5.02 Å². The third-order valence-electron chi connectivity index (χ3n) is 3.42. The number of carbonyl (C=O) groups excluding carboxylic acids is 1. The highest BCUT2D eigenvalue weighted by atomic mass is 35.5. The van der Waals surface area contributed by atoms with Gasteiger partial charge < -0.3 is 10.1 Å². The molecule has 1 heterocycles. The standard InChI is InChI=1S/C18H15ClN2O2S/c1-11-16(17(22)21-14-6-8-15(23-2)9-7-14)24-18(20-11)12-4-3-5-13(19)10-12/h3-10H,1-2H3,(H,21,22). The Morgan fingerprint density at radius 1 is 1.21 bits per heavy atom. The lowest BCUT2D eigenvalue weighted by Crippen LogP contribution is -2.11. The van der Waals surface area contributed by atoms with E-state index in [0.717, 1.165) is 16.3 Å². The summed E-state index contributed by atoms with van der Waals surface area (Å²) >= 11 is 7.37. The molecule has 0 aliphatic carbocycles. The smallest absolute Gasteiger partial charge is 0.267 e. The van der Waals surface area contributed by atoms with Crippen molar-refractivity contribution >= 4 is 34.5 Å². The number of carbonyl (C=O) groups is 1. The molecule has 0 spiro atoms. The summed E-state index contributed by atoms with van der Waals surface area (Å²) in [5.41, 5.74) is 2.30. The Morgan fingerprint density at radius 2 is 1.96 bits per heavy atom. The Bertz CT molecular complexity index is 875. The number of nitrogens with zero attached hydrogens (tertiary/aromatic N) is 1. The van der Waals surface area contributed by atoms with Gasteiger partial charge in [0.05, 0.1) is 12.8 Å². The van der Waals surface area contributed by atoms with E-state index >= 15 is 0 Å². The molecule has 0 saturated carbocycles. The first-order chi connectivity index (χ1) is 11.6. The number of hydrogen-bond donors (Lipinski definition) is 1. The minimum Gasteiger partial charge on any atom is -0.497 e. The van der Waals surface area contributed by atoms with Crippen LogP contribution in [-0.2, 0) is 0 Å². The van der Waals surface area contributed by atoms with Crippen LogP contribution < -0.4 is 10.1 Å². The molecule has 0 aliphatic heterocycles. The van der Waals surface area contributed by atoms with E-state index in [1.54, 1.807) is 31.4 Å². The normalized spacial score (nSPS) is 10.5. The van der Waals surface area contributed by atoms with Crippen molar-refractivity contribution < 1.29 is 9.53 Å². The van der Waals surface area contributed by atoms with Crippen LogP contribution in [0.25, 0.3) is 10.6 Å². The minimum atomic E-state index is -0.177. The SMILES string of the molecule is COc1ccc(NC(=O)c2sc(-c3cccc(Cl)c3)nc2C)cc1. The lowest BCUT2D eigenvalue weighted by atomic mass is 10.2. The maximum absolute atomic E-state index is 12.5. The molecule has 1 N–H and O–H groups in total. The molecule has 1 aromatic heterocycles. The van der Waals surface area contributed by atoms with Crippen molar-refractivity contribution in [3.63, 3.8) is 0 Å². The van der Waals surface area contributed by atoms with E-state index in [9.17, 15) is 4.79 Å². The van der Waals surface area contributed by atoms with Crippen LogP contribution in [-0.4, -0.2) is 18.0 Å². The van der Waals surface area contributed by atoms with E-state index < -0.39 is 0 Å². The van der Waals surface area contributed by atoms with Gasteiger partial charge in [-0.1, -0.05) is 23.7 Å². The fraction of sp³-hybridized carbons (Fsp3) is 0.111. The largest absolute Gasteiger partial charge is 0.497 e. The molecule has 122 valence electrons. The second-order valence-corrected chi connectivity index (χ2v) is 6.56. The highest BCUT2D eigenvalue weighted by Gasteiger charge is 2.16.